The van der Waals surface area contributed by atoms with Crippen molar-refractivity contribution in [2.45, 2.75) is 9.79 Å². The average Bonchev–Trinajstić information content (AvgIpc) is 2.76. The number of benzene rings is 4. The topological polar surface area (TPSA) is 138 Å². The summed E-state index contributed by atoms with van der Waals surface area (Å²) in [6.07, 6.45) is 0. The third-order valence-corrected chi connectivity index (χ3v) is 6.68. The van der Waals surface area contributed by atoms with E-state index in [9.17, 15) is 25.9 Å². The fourth-order valence-electron chi connectivity index (χ4n) is 3.42. The van der Waals surface area contributed by atoms with Crippen LogP contribution in [0.1, 0.15) is 0 Å². The molecule has 0 saturated heterocycles. The molecule has 0 atom stereocenters. The van der Waals surface area contributed by atoms with E-state index in [-0.39, 0.29) is 47.5 Å². The van der Waals surface area contributed by atoms with Gasteiger partial charge in [0.05, 0.1) is 21.2 Å². The van der Waals surface area contributed by atoms with Crippen LogP contribution < -0.4 is 10.6 Å². The molecule has 0 fully saturated rings. The first-order chi connectivity index (χ1) is 15.1. The Hall–Kier alpha value is -1.92. The number of hydrogen-bond donors (Lipinski definition) is 2. The fraction of sp³-hybridized carbons (Fsp3) is 0.0909. The Kier molecular flexibility index (Phi) is 9.11. The summed E-state index contributed by atoms with van der Waals surface area (Å²) in [5, 5.41) is 7.79. The molecule has 0 aliphatic carbocycles. The molecule has 0 aromatic heterocycles. The van der Waals surface area contributed by atoms with E-state index in [1.165, 1.54) is 0 Å². The molecule has 11 heteroatoms. The van der Waals surface area contributed by atoms with Gasteiger partial charge in [0.1, 0.15) is 20.2 Å². The molecular formula is C22H20CaN2O6S2. The van der Waals surface area contributed by atoms with E-state index in [4.69, 9.17) is 0 Å². The second-order valence-corrected chi connectivity index (χ2v) is 9.37. The summed E-state index contributed by atoms with van der Waals surface area (Å²) < 4.78 is 67.4. The van der Waals surface area contributed by atoms with Crippen molar-refractivity contribution < 1.29 is 25.9 Å². The zero-order valence-electron chi connectivity index (χ0n) is 17.9. The molecular weight excluding hydrogens is 492 g/mol. The van der Waals surface area contributed by atoms with Crippen LogP contribution in [0.25, 0.3) is 21.5 Å². The first-order valence-electron chi connectivity index (χ1n) is 9.38. The van der Waals surface area contributed by atoms with Crippen molar-refractivity contribution in [3.63, 3.8) is 0 Å². The first-order valence-corrected chi connectivity index (χ1v) is 12.2. The average molecular weight is 513 g/mol. The molecule has 4 aromatic carbocycles. The Bertz CT molecular complexity index is 1390. The standard InChI is InChI=1S/2C11H11NO3S.Ca/c2*1-12-10-7-6-8-4-2-3-5-9(8)11(10)16(13,14)15;/h2*2-7,12H,1H3,(H,13,14,15);/q;;+2/p-2. The third kappa shape index (κ3) is 6.15. The Labute approximate surface area is 222 Å². The SMILES string of the molecule is CNc1ccc2ccccc2c1S(=O)(=O)[O-].CNc1ccc2ccccc2c1S(=O)(=O)[O-].[Ca+2]. The molecule has 0 aliphatic rings. The van der Waals surface area contributed by atoms with Gasteiger partial charge in [0, 0.05) is 24.9 Å². The van der Waals surface area contributed by atoms with Crippen molar-refractivity contribution in [2.75, 3.05) is 24.7 Å². The molecule has 2 N–H and O–H groups in total. The van der Waals surface area contributed by atoms with Crippen LogP contribution in [0.15, 0.2) is 82.6 Å². The molecule has 168 valence electrons. The summed E-state index contributed by atoms with van der Waals surface area (Å²) in [6.45, 7) is 0. The molecule has 4 aromatic rings. The van der Waals surface area contributed by atoms with Gasteiger partial charge in [-0.1, -0.05) is 60.7 Å². The van der Waals surface area contributed by atoms with Gasteiger partial charge >= 0.3 is 37.7 Å². The van der Waals surface area contributed by atoms with E-state index < -0.39 is 20.2 Å². The molecule has 0 aliphatic heterocycles. The zero-order chi connectivity index (χ0) is 23.5. The fourth-order valence-corrected chi connectivity index (χ4v) is 5.21. The van der Waals surface area contributed by atoms with E-state index in [0.717, 1.165) is 10.8 Å². The van der Waals surface area contributed by atoms with Gasteiger partial charge < -0.3 is 19.7 Å². The number of fused-ring (bicyclic) bond motifs is 2. The Morgan fingerprint density at radius 3 is 1.21 bits per heavy atom. The largest absolute Gasteiger partial charge is 2.00 e. The molecule has 0 radical (unpaired) electrons. The second kappa shape index (κ2) is 11.0. The van der Waals surface area contributed by atoms with Crippen molar-refractivity contribution >= 4 is 90.9 Å². The minimum absolute atomic E-state index is 0. The van der Waals surface area contributed by atoms with Gasteiger partial charge in [-0.05, 0) is 22.9 Å². The van der Waals surface area contributed by atoms with Crippen LogP contribution in [-0.4, -0.2) is 77.8 Å². The second-order valence-electron chi connectivity index (χ2n) is 6.74. The van der Waals surface area contributed by atoms with Crippen LogP contribution in [0.4, 0.5) is 11.4 Å². The number of anilines is 2. The molecule has 0 spiro atoms. The van der Waals surface area contributed by atoms with Crippen molar-refractivity contribution in [2.24, 2.45) is 0 Å². The van der Waals surface area contributed by atoms with Crippen LogP contribution in [0.2, 0.25) is 0 Å². The van der Waals surface area contributed by atoms with Crippen LogP contribution in [0.5, 0.6) is 0 Å². The summed E-state index contributed by atoms with van der Waals surface area (Å²) in [5.41, 5.74) is 0.655. The predicted octanol–water partition coefficient (Wildman–Crippen LogP) is 3.19. The molecule has 0 heterocycles. The zero-order valence-corrected chi connectivity index (χ0v) is 21.7. The maximum absolute atomic E-state index is 11.2. The van der Waals surface area contributed by atoms with Crippen LogP contribution in [0.3, 0.4) is 0 Å². The van der Waals surface area contributed by atoms with Crippen LogP contribution >= 0.6 is 0 Å². The third-order valence-electron chi connectivity index (χ3n) is 4.80. The number of hydrogen-bond acceptors (Lipinski definition) is 8. The summed E-state index contributed by atoms with van der Waals surface area (Å²) >= 11 is 0. The monoisotopic (exact) mass is 512 g/mol. The predicted molar refractivity (Wildman–Crippen MR) is 129 cm³/mol. The maximum atomic E-state index is 11.2. The smallest absolute Gasteiger partial charge is 0.744 e. The molecule has 0 saturated carbocycles. The van der Waals surface area contributed by atoms with Gasteiger partial charge in [-0.2, -0.15) is 0 Å². The van der Waals surface area contributed by atoms with Crippen molar-refractivity contribution in [1.29, 1.82) is 0 Å². The number of rotatable bonds is 4. The quantitative estimate of drug-likeness (QED) is 0.314. The molecule has 4 rings (SSSR count). The molecule has 0 amide bonds. The Morgan fingerprint density at radius 1 is 0.576 bits per heavy atom. The Morgan fingerprint density at radius 2 is 0.909 bits per heavy atom. The molecule has 8 nitrogen and oxygen atoms in total. The number of nitrogens with one attached hydrogen (secondary N) is 2. The van der Waals surface area contributed by atoms with Gasteiger partial charge in [-0.15, -0.1) is 0 Å². The van der Waals surface area contributed by atoms with Gasteiger partial charge in [-0.3, -0.25) is 0 Å². The van der Waals surface area contributed by atoms with E-state index in [1.807, 2.05) is 0 Å². The van der Waals surface area contributed by atoms with E-state index in [2.05, 4.69) is 10.6 Å². The minimum Gasteiger partial charge on any atom is -0.744 e. The molecule has 0 unspecified atom stereocenters. The van der Waals surface area contributed by atoms with Gasteiger partial charge in [-0.25, -0.2) is 16.8 Å². The summed E-state index contributed by atoms with van der Waals surface area (Å²) in [7, 11) is -5.81. The molecule has 33 heavy (non-hydrogen) atoms. The van der Waals surface area contributed by atoms with Crippen molar-refractivity contribution in [3.05, 3.63) is 72.8 Å². The van der Waals surface area contributed by atoms with Crippen LogP contribution in [0, 0.1) is 0 Å². The van der Waals surface area contributed by atoms with Gasteiger partial charge in [0.15, 0.2) is 0 Å². The summed E-state index contributed by atoms with van der Waals surface area (Å²) in [5.74, 6) is 0. The maximum Gasteiger partial charge on any atom is 2.00 e. The van der Waals surface area contributed by atoms with Crippen molar-refractivity contribution in [3.8, 4) is 0 Å². The Balaban J connectivity index is 0.000000227. The first kappa shape index (κ1) is 27.3. The van der Waals surface area contributed by atoms with E-state index in [1.54, 1.807) is 86.9 Å². The molecule has 0 bridgehead atoms. The van der Waals surface area contributed by atoms with Crippen molar-refractivity contribution in [1.82, 2.24) is 0 Å². The van der Waals surface area contributed by atoms with Gasteiger partial charge in [0.2, 0.25) is 0 Å². The summed E-state index contributed by atoms with van der Waals surface area (Å²) in [6, 6.07) is 20.5. The van der Waals surface area contributed by atoms with E-state index in [0.29, 0.717) is 22.1 Å². The van der Waals surface area contributed by atoms with Gasteiger partial charge in [0.25, 0.3) is 0 Å². The van der Waals surface area contributed by atoms with Crippen LogP contribution in [-0.2, 0) is 20.2 Å². The normalized spacial score (nSPS) is 11.3. The summed E-state index contributed by atoms with van der Waals surface area (Å²) in [4.78, 5) is -0.374. The van der Waals surface area contributed by atoms with E-state index >= 15 is 0 Å². The minimum atomic E-state index is -4.48.